The van der Waals surface area contributed by atoms with Gasteiger partial charge in [-0.2, -0.15) is 0 Å². The second kappa shape index (κ2) is 3.93. The van der Waals surface area contributed by atoms with E-state index in [1.165, 1.54) is 5.56 Å². The molecule has 3 heteroatoms. The molecule has 0 radical (unpaired) electrons. The molecular formula is C13H11BO2. The van der Waals surface area contributed by atoms with Crippen LogP contribution in [0.3, 0.4) is 0 Å². The SMILES string of the molecule is c1ccc(CB2Oc3ccccc3O2)cc1. The number of para-hydroxylation sites is 2. The molecule has 1 aliphatic heterocycles. The minimum atomic E-state index is -0.195. The van der Waals surface area contributed by atoms with E-state index in [0.717, 1.165) is 17.8 Å². The molecule has 0 spiro atoms. The molecule has 0 saturated heterocycles. The maximum Gasteiger partial charge on any atom is 0.599 e. The zero-order chi connectivity index (χ0) is 10.8. The summed E-state index contributed by atoms with van der Waals surface area (Å²) in [5.41, 5.74) is 1.22. The molecular weight excluding hydrogens is 199 g/mol. The summed E-state index contributed by atoms with van der Waals surface area (Å²) in [5.74, 6) is 1.67. The van der Waals surface area contributed by atoms with Crippen LogP contribution in [0.4, 0.5) is 0 Å². The van der Waals surface area contributed by atoms with Gasteiger partial charge in [0.25, 0.3) is 0 Å². The lowest BCUT2D eigenvalue weighted by atomic mass is 9.81. The molecule has 1 heterocycles. The highest BCUT2D eigenvalue weighted by Crippen LogP contribution is 2.33. The molecule has 2 aromatic carbocycles. The Morgan fingerprint density at radius 2 is 1.31 bits per heavy atom. The van der Waals surface area contributed by atoms with Crippen LogP contribution in [0, 0.1) is 0 Å². The first-order valence-electron chi connectivity index (χ1n) is 5.38. The van der Waals surface area contributed by atoms with E-state index in [1.807, 2.05) is 42.5 Å². The first-order chi connectivity index (χ1) is 7.92. The Bertz CT molecular complexity index is 459. The van der Waals surface area contributed by atoms with E-state index in [-0.39, 0.29) is 7.12 Å². The molecule has 78 valence electrons. The van der Waals surface area contributed by atoms with E-state index in [2.05, 4.69) is 12.1 Å². The zero-order valence-electron chi connectivity index (χ0n) is 8.80. The topological polar surface area (TPSA) is 18.5 Å². The molecule has 0 saturated carbocycles. The minimum absolute atomic E-state index is 0.195. The second-order valence-electron chi connectivity index (χ2n) is 3.80. The van der Waals surface area contributed by atoms with Crippen LogP contribution in [0.5, 0.6) is 11.5 Å². The van der Waals surface area contributed by atoms with Crippen LogP contribution in [0.25, 0.3) is 0 Å². The summed E-state index contributed by atoms with van der Waals surface area (Å²) in [6, 6.07) is 18.0. The average molecular weight is 210 g/mol. The van der Waals surface area contributed by atoms with Crippen molar-refractivity contribution in [1.29, 1.82) is 0 Å². The summed E-state index contributed by atoms with van der Waals surface area (Å²) >= 11 is 0. The van der Waals surface area contributed by atoms with E-state index in [4.69, 9.17) is 9.31 Å². The van der Waals surface area contributed by atoms with Gasteiger partial charge in [0.1, 0.15) is 11.5 Å². The Morgan fingerprint density at radius 3 is 1.94 bits per heavy atom. The molecule has 0 fully saturated rings. The molecule has 2 aromatic rings. The lowest BCUT2D eigenvalue weighted by Gasteiger charge is -2.04. The summed E-state index contributed by atoms with van der Waals surface area (Å²) in [5, 5.41) is 0. The first kappa shape index (κ1) is 9.34. The summed E-state index contributed by atoms with van der Waals surface area (Å²) in [6.45, 7) is 0. The number of rotatable bonds is 2. The molecule has 0 atom stereocenters. The third kappa shape index (κ3) is 1.76. The van der Waals surface area contributed by atoms with Gasteiger partial charge in [-0.3, -0.25) is 0 Å². The fraction of sp³-hybridized carbons (Fsp3) is 0.0769. The fourth-order valence-corrected chi connectivity index (χ4v) is 1.84. The lowest BCUT2D eigenvalue weighted by molar-refractivity contribution is 0.496. The van der Waals surface area contributed by atoms with Crippen molar-refractivity contribution in [2.24, 2.45) is 0 Å². The van der Waals surface area contributed by atoms with E-state index in [9.17, 15) is 0 Å². The normalized spacial score (nSPS) is 12.9. The van der Waals surface area contributed by atoms with E-state index in [1.54, 1.807) is 0 Å². The predicted molar refractivity (Wildman–Crippen MR) is 63.6 cm³/mol. The Balaban J connectivity index is 1.73. The monoisotopic (exact) mass is 210 g/mol. The largest absolute Gasteiger partial charge is 0.599 e. The van der Waals surface area contributed by atoms with Crippen molar-refractivity contribution in [3.05, 3.63) is 60.2 Å². The van der Waals surface area contributed by atoms with Gasteiger partial charge >= 0.3 is 7.12 Å². The van der Waals surface area contributed by atoms with Gasteiger partial charge in [-0.05, 0) is 17.7 Å². The summed E-state index contributed by atoms with van der Waals surface area (Å²) in [6.07, 6.45) is 0.773. The highest BCUT2D eigenvalue weighted by atomic mass is 16.6. The third-order valence-corrected chi connectivity index (χ3v) is 2.61. The third-order valence-electron chi connectivity index (χ3n) is 2.61. The Hall–Kier alpha value is -1.90. The number of fused-ring (bicyclic) bond motifs is 1. The molecule has 16 heavy (non-hydrogen) atoms. The van der Waals surface area contributed by atoms with Gasteiger partial charge < -0.3 is 9.31 Å². The summed E-state index contributed by atoms with van der Waals surface area (Å²) in [4.78, 5) is 0. The predicted octanol–water partition coefficient (Wildman–Crippen LogP) is 2.73. The molecule has 1 aliphatic rings. The van der Waals surface area contributed by atoms with E-state index in [0.29, 0.717) is 0 Å². The smallest absolute Gasteiger partial charge is 0.523 e. The molecule has 3 rings (SSSR count). The minimum Gasteiger partial charge on any atom is -0.523 e. The van der Waals surface area contributed by atoms with Crippen molar-refractivity contribution in [3.63, 3.8) is 0 Å². The fourth-order valence-electron chi connectivity index (χ4n) is 1.84. The van der Waals surface area contributed by atoms with Crippen molar-refractivity contribution in [2.75, 3.05) is 0 Å². The number of benzene rings is 2. The van der Waals surface area contributed by atoms with Crippen LogP contribution < -0.4 is 9.31 Å². The van der Waals surface area contributed by atoms with Crippen LogP contribution >= 0.6 is 0 Å². The van der Waals surface area contributed by atoms with Crippen LogP contribution in [-0.2, 0) is 6.32 Å². The van der Waals surface area contributed by atoms with Gasteiger partial charge in [-0.15, -0.1) is 0 Å². The van der Waals surface area contributed by atoms with Gasteiger partial charge in [0.05, 0.1) is 0 Å². The van der Waals surface area contributed by atoms with Gasteiger partial charge in [-0.25, -0.2) is 0 Å². The summed E-state index contributed by atoms with van der Waals surface area (Å²) < 4.78 is 11.4. The van der Waals surface area contributed by atoms with Crippen molar-refractivity contribution in [1.82, 2.24) is 0 Å². The van der Waals surface area contributed by atoms with Crippen molar-refractivity contribution in [3.8, 4) is 11.5 Å². The molecule has 0 amide bonds. The number of hydrogen-bond donors (Lipinski definition) is 0. The standard InChI is InChI=1S/C13H11BO2/c1-2-6-11(7-3-1)10-14-15-12-8-4-5-9-13(12)16-14/h1-9H,10H2. The van der Waals surface area contributed by atoms with Crippen molar-refractivity contribution in [2.45, 2.75) is 6.32 Å². The highest BCUT2D eigenvalue weighted by molar-refractivity contribution is 6.47. The Morgan fingerprint density at radius 1 is 0.750 bits per heavy atom. The first-order valence-corrected chi connectivity index (χ1v) is 5.38. The highest BCUT2D eigenvalue weighted by Gasteiger charge is 2.31. The maximum atomic E-state index is 5.69. The molecule has 0 bridgehead atoms. The van der Waals surface area contributed by atoms with Crippen LogP contribution in [0.2, 0.25) is 0 Å². The zero-order valence-corrected chi connectivity index (χ0v) is 8.80. The number of hydrogen-bond acceptors (Lipinski definition) is 2. The van der Waals surface area contributed by atoms with Crippen LogP contribution in [-0.4, -0.2) is 7.12 Å². The Kier molecular flexibility index (Phi) is 2.29. The van der Waals surface area contributed by atoms with Crippen LogP contribution in [0.15, 0.2) is 54.6 Å². The maximum absolute atomic E-state index is 5.69. The molecule has 0 N–H and O–H groups in total. The molecule has 0 unspecified atom stereocenters. The Labute approximate surface area is 95.0 Å². The van der Waals surface area contributed by atoms with E-state index >= 15 is 0 Å². The lowest BCUT2D eigenvalue weighted by Crippen LogP contribution is -2.27. The average Bonchev–Trinajstić information content (AvgIpc) is 2.72. The summed E-state index contributed by atoms with van der Waals surface area (Å²) in [7, 11) is -0.195. The molecule has 0 aromatic heterocycles. The second-order valence-corrected chi connectivity index (χ2v) is 3.80. The van der Waals surface area contributed by atoms with Crippen molar-refractivity contribution >= 4 is 7.12 Å². The van der Waals surface area contributed by atoms with Gasteiger partial charge in [0, 0.05) is 6.32 Å². The molecule has 2 nitrogen and oxygen atoms in total. The van der Waals surface area contributed by atoms with Crippen LogP contribution in [0.1, 0.15) is 5.56 Å². The quantitative estimate of drug-likeness (QED) is 0.709. The van der Waals surface area contributed by atoms with Gasteiger partial charge in [0.15, 0.2) is 0 Å². The van der Waals surface area contributed by atoms with Crippen molar-refractivity contribution < 1.29 is 9.31 Å². The molecule has 0 aliphatic carbocycles. The van der Waals surface area contributed by atoms with Gasteiger partial charge in [0.2, 0.25) is 0 Å². The van der Waals surface area contributed by atoms with E-state index < -0.39 is 0 Å². The van der Waals surface area contributed by atoms with Gasteiger partial charge in [-0.1, -0.05) is 42.5 Å².